The van der Waals surface area contributed by atoms with Crippen molar-refractivity contribution in [3.8, 4) is 53.0 Å². The van der Waals surface area contributed by atoms with Crippen LogP contribution in [0.4, 0.5) is 0 Å². The van der Waals surface area contributed by atoms with Crippen molar-refractivity contribution >= 4 is 85.3 Å². The van der Waals surface area contributed by atoms with Gasteiger partial charge in [0.05, 0.1) is 74.1 Å². The third kappa shape index (κ3) is 44.5. The Labute approximate surface area is 736 Å². The molecule has 0 amide bonds. The highest BCUT2D eigenvalue weighted by Gasteiger charge is 2.13. The van der Waals surface area contributed by atoms with Crippen LogP contribution < -0.4 is 23.7 Å². The van der Waals surface area contributed by atoms with Gasteiger partial charge in [-0.2, -0.15) is 21.0 Å². The third-order valence-electron chi connectivity index (χ3n) is 16.6. The van der Waals surface area contributed by atoms with Crippen molar-refractivity contribution in [3.05, 3.63) is 414 Å². The Morgan fingerprint density at radius 1 is 0.328 bits per heavy atom. The van der Waals surface area contributed by atoms with E-state index >= 15 is 0 Å². The summed E-state index contributed by atoms with van der Waals surface area (Å²) in [6.07, 6.45) is 57.1. The number of methoxy groups -OCH3 is 5. The molecule has 5 aromatic carbocycles. The maximum atomic E-state index is 11.8. The number of nitriles is 4. The number of aromatic nitrogens is 5. The van der Waals surface area contributed by atoms with Crippen molar-refractivity contribution in [1.82, 2.24) is 24.9 Å². The van der Waals surface area contributed by atoms with E-state index in [-0.39, 0.29) is 0 Å². The van der Waals surface area contributed by atoms with E-state index in [0.717, 1.165) is 142 Å². The average Bonchev–Trinajstić information content (AvgIpc) is 0.911. The quantitative estimate of drug-likeness (QED) is 0.0138. The van der Waals surface area contributed by atoms with Crippen LogP contribution in [0.5, 0.6) is 28.7 Å². The van der Waals surface area contributed by atoms with Gasteiger partial charge in [0.25, 0.3) is 0 Å². The summed E-state index contributed by atoms with van der Waals surface area (Å²) in [5.74, 6) is 3.99. The Hall–Kier alpha value is -15.4. The van der Waals surface area contributed by atoms with E-state index in [9.17, 15) is 23.5 Å². The average molecular weight is 1700 g/mol. The molecule has 5 heterocycles. The van der Waals surface area contributed by atoms with Crippen LogP contribution in [0, 0.1) is 45.3 Å². The van der Waals surface area contributed by atoms with Gasteiger partial charge in [-0.25, -0.2) is 0 Å². The van der Waals surface area contributed by atoms with Gasteiger partial charge in [-0.3, -0.25) is 39.3 Å². The number of nitrogens with zero attached hydrogens (tertiary/aromatic N) is 9. The number of carbonyl (C=O) groups is 3. The number of hydrogen-bond acceptors (Lipinski definition) is 19. The molecule has 0 saturated carbocycles. The minimum atomic E-state index is -2.19. The largest absolute Gasteiger partial charge is 0.497 e. The predicted octanol–water partition coefficient (Wildman–Crippen LogP) is 23.4. The fraction of sp³-hybridized carbons (Fsp3) is 0.135. The van der Waals surface area contributed by atoms with Crippen molar-refractivity contribution in [2.75, 3.05) is 74.5 Å². The van der Waals surface area contributed by atoms with Gasteiger partial charge in [0.15, 0.2) is 6.29 Å². The monoisotopic (exact) mass is 1700 g/mol. The molecule has 5 aromatic heterocycles. The highest BCUT2D eigenvalue weighted by atomic mass is 31.2. The van der Waals surface area contributed by atoms with Crippen LogP contribution >= 0.6 is 14.3 Å². The Kier molecular flexibility index (Phi) is 49.1. The Morgan fingerprint density at radius 2 is 0.616 bits per heavy atom. The van der Waals surface area contributed by atoms with Crippen molar-refractivity contribution in [1.29, 1.82) is 21.0 Å². The van der Waals surface area contributed by atoms with Crippen LogP contribution in [0.25, 0.3) is 52.2 Å². The normalized spacial score (nSPS) is 11.9. The second-order valence-electron chi connectivity index (χ2n) is 27.4. The molecule has 21 heteroatoms. The lowest BCUT2D eigenvalue weighted by molar-refractivity contribution is -0.104. The number of carbonyl (C=O) groups excluding carboxylic acids is 3. The highest BCUT2D eigenvalue weighted by molar-refractivity contribution is 7.63. The summed E-state index contributed by atoms with van der Waals surface area (Å²) in [6, 6.07) is 65.3. The molecule has 19 nitrogen and oxygen atoms in total. The summed E-state index contributed by atoms with van der Waals surface area (Å²) in [4.78, 5) is 51.3. The van der Waals surface area contributed by atoms with Gasteiger partial charge < -0.3 is 32.8 Å². The smallest absolute Gasteiger partial charge is 0.151 e. The van der Waals surface area contributed by atoms with E-state index in [1.165, 1.54) is 42.7 Å². The predicted molar refractivity (Wildman–Crippen MR) is 510 cm³/mol. The molecule has 0 fully saturated rings. The lowest BCUT2D eigenvalue weighted by Gasteiger charge is -2.10. The lowest BCUT2D eigenvalue weighted by Crippen LogP contribution is -1.93. The van der Waals surface area contributed by atoms with Crippen molar-refractivity contribution in [3.63, 3.8) is 0 Å². The van der Waals surface area contributed by atoms with Crippen molar-refractivity contribution < 1.29 is 47.2 Å². The first kappa shape index (κ1) is 102. The number of benzene rings is 5. The van der Waals surface area contributed by atoms with Gasteiger partial charge in [0.1, 0.15) is 41.3 Å². The van der Waals surface area contributed by atoms with Crippen molar-refractivity contribution in [2.24, 2.45) is 0 Å². The first-order valence-corrected chi connectivity index (χ1v) is 44.4. The molecule has 0 saturated heterocycles. The van der Waals surface area contributed by atoms with E-state index in [1.807, 2.05) is 306 Å². The molecule has 125 heavy (non-hydrogen) atoms. The zero-order chi connectivity index (χ0) is 91.1. The van der Waals surface area contributed by atoms with E-state index < -0.39 is 14.3 Å². The second-order valence-corrected chi connectivity index (χ2v) is 34.3. The molecular formula is C104H103N9O10P2. The molecule has 10 aromatic rings. The van der Waals surface area contributed by atoms with Gasteiger partial charge >= 0.3 is 0 Å². The summed E-state index contributed by atoms with van der Waals surface area (Å²) in [5.41, 5.74) is 16.9. The minimum Gasteiger partial charge on any atom is -0.497 e. The summed E-state index contributed by atoms with van der Waals surface area (Å²) in [5, 5.41) is 34.5. The Balaban J connectivity index is 0.000000313. The molecule has 0 spiro atoms. The summed E-state index contributed by atoms with van der Waals surface area (Å²) >= 11 is 0. The van der Waals surface area contributed by atoms with Gasteiger partial charge in [-0.1, -0.05) is 176 Å². The Morgan fingerprint density at radius 3 is 0.888 bits per heavy atom. The molecule has 0 aliphatic rings. The first-order valence-electron chi connectivity index (χ1n) is 38.8. The first-order chi connectivity index (χ1) is 60.5. The maximum absolute atomic E-state index is 11.8. The minimum absolute atomic E-state index is 0.437. The SMILES string of the molecule is C/C(=C\C#N)CP(C)(C)=O.COc1ccc(/C(=C\C#N)CP(C)(C)=O)cc1.COc1ccc(C(=C\C#N)/C=C/c2cccnc2)cc1.COc1ccc(C(=C\C=C\C(C)=C\C#N)/C=C/c2cccnc2)cc1.COc1ccc(C(=C\C=C\C(C)=C\C=O)/C=C/c2cccnc2)cc1.COc1ccc(C(=C\C=O)/C=C/c2cccnc2)cc1.O=Cc1cccnc1. The standard InChI is InChI=1S/C22H20N2O.C22H21NO2.C17H14N2O.C17H15NO2.C13H16NO2P.C7H12NOP.C6H5NO/c1-18(14-15-23)5-3-7-20(9-8-19-6-4-16-24-17-19)21-10-12-22(25-2)13-11-21;1-18(14-16-24)5-3-7-20(9-8-19-6-4-15-23-17-19)21-10-12-22(25-2)13-11-21;1-20-17-8-6-15(7-9-17)16(10-11-18)5-4-14-3-2-12-19-13-14;1-20-17-8-6-15(7-9-17)16(10-12-19)5-4-14-3-2-11-18-13-14;1-16-13-6-4-11(5-7-13)12(8-9-14)10-17(2,3)15;1-7(4-5-8)6-10(2,3)9;8-5-6-2-1-3-7-4-6/h3-14,16-17H,1-2H3;3-17H,1-2H3;2-10,12-13H,1H3;2-13H,1H3;4-8H,10H2,1-3H3;4H,6H2,1-3H3;1-5H/b2*5-3+,9-8+,18-14+,20-7-;2*5-4+,16-10-;12-8-;7-4+;. The van der Waals surface area contributed by atoms with E-state index in [4.69, 9.17) is 44.7 Å². The van der Waals surface area contributed by atoms with Crippen LogP contribution in [-0.2, 0) is 18.7 Å². The fourth-order valence-corrected chi connectivity index (χ4v) is 12.9. The number of allylic oxidation sites excluding steroid dienone is 24. The number of rotatable bonds is 29. The molecule has 10 rings (SSSR count). The number of ether oxygens (including phenoxy) is 5. The summed E-state index contributed by atoms with van der Waals surface area (Å²) in [6.45, 7) is 12.5. The van der Waals surface area contributed by atoms with Crippen LogP contribution in [0.3, 0.4) is 0 Å². The van der Waals surface area contributed by atoms with Crippen LogP contribution in [0.15, 0.2) is 358 Å². The van der Waals surface area contributed by atoms with Crippen LogP contribution in [0.2, 0.25) is 0 Å². The topological polar surface area (TPSA) is 291 Å². The highest BCUT2D eigenvalue weighted by Crippen LogP contribution is 2.41. The van der Waals surface area contributed by atoms with E-state index in [2.05, 4.69) is 31.0 Å². The molecule has 0 radical (unpaired) electrons. The van der Waals surface area contributed by atoms with E-state index in [0.29, 0.717) is 17.9 Å². The van der Waals surface area contributed by atoms with Gasteiger partial charge in [-0.05, 0) is 246 Å². The fourth-order valence-electron chi connectivity index (χ4n) is 10.5. The molecule has 0 unspecified atom stereocenters. The number of aldehydes is 3. The maximum Gasteiger partial charge on any atom is 0.151 e. The summed E-state index contributed by atoms with van der Waals surface area (Å²) in [7, 11) is 4.01. The van der Waals surface area contributed by atoms with Crippen molar-refractivity contribution in [2.45, 2.75) is 20.8 Å². The molecular weight excluding hydrogens is 1600 g/mol. The Bertz CT molecular complexity index is 5700. The van der Waals surface area contributed by atoms with E-state index in [1.54, 1.807) is 118 Å². The van der Waals surface area contributed by atoms with Gasteiger partial charge in [0, 0.05) is 104 Å². The zero-order valence-corrected chi connectivity index (χ0v) is 74.1. The van der Waals surface area contributed by atoms with Gasteiger partial charge in [-0.15, -0.1) is 0 Å². The molecule has 634 valence electrons. The molecule has 0 aliphatic carbocycles. The zero-order valence-electron chi connectivity index (χ0n) is 72.3. The third-order valence-corrected chi connectivity index (χ3v) is 19.0. The number of hydrogen-bond donors (Lipinski definition) is 0. The molecule has 0 aliphatic heterocycles. The second kappa shape index (κ2) is 60.2. The lowest BCUT2D eigenvalue weighted by atomic mass is 10.0. The van der Waals surface area contributed by atoms with Crippen LogP contribution in [0.1, 0.15) is 81.2 Å². The molecule has 0 N–H and O–H groups in total. The van der Waals surface area contributed by atoms with Crippen LogP contribution in [-0.4, -0.2) is 118 Å². The summed E-state index contributed by atoms with van der Waals surface area (Å²) < 4.78 is 48.7. The van der Waals surface area contributed by atoms with Gasteiger partial charge in [0.2, 0.25) is 0 Å². The number of pyridine rings is 5. The molecule has 0 atom stereocenters. The molecule has 0 bridgehead atoms.